The van der Waals surface area contributed by atoms with Crippen molar-refractivity contribution in [2.45, 2.75) is 38.1 Å². The van der Waals surface area contributed by atoms with E-state index in [4.69, 9.17) is 5.11 Å². The third-order valence-electron chi connectivity index (χ3n) is 5.69. The van der Waals surface area contributed by atoms with Crippen LogP contribution in [0.2, 0.25) is 0 Å². The van der Waals surface area contributed by atoms with Crippen molar-refractivity contribution in [3.05, 3.63) is 54.1 Å². The molecule has 0 radical (unpaired) electrons. The number of benzene rings is 1. The van der Waals surface area contributed by atoms with Gasteiger partial charge < -0.3 is 14.6 Å². The van der Waals surface area contributed by atoms with E-state index in [1.165, 1.54) is 0 Å². The highest BCUT2D eigenvalue weighted by atomic mass is 16.4. The van der Waals surface area contributed by atoms with Gasteiger partial charge in [-0.15, -0.1) is 0 Å². The second-order valence-electron chi connectivity index (χ2n) is 7.53. The quantitative estimate of drug-likeness (QED) is 0.897. The van der Waals surface area contributed by atoms with Gasteiger partial charge in [-0.2, -0.15) is 0 Å². The zero-order valence-corrected chi connectivity index (χ0v) is 14.7. The average Bonchev–Trinajstić information content (AvgIpc) is 3.26. The first-order chi connectivity index (χ1) is 12.6. The van der Waals surface area contributed by atoms with E-state index in [-0.39, 0.29) is 17.2 Å². The summed E-state index contributed by atoms with van der Waals surface area (Å²) in [6, 6.07) is 7.08. The summed E-state index contributed by atoms with van der Waals surface area (Å²) in [7, 11) is 0. The summed E-state index contributed by atoms with van der Waals surface area (Å²) in [5, 5.41) is 9.04. The van der Waals surface area contributed by atoms with Crippen molar-refractivity contribution in [3.8, 4) is 0 Å². The number of carboxylic acid groups (broad SMARTS) is 1. The highest BCUT2D eigenvalue weighted by Crippen LogP contribution is 2.49. The Morgan fingerprint density at radius 2 is 2.00 bits per heavy atom. The molecule has 0 unspecified atom stereocenters. The second-order valence-corrected chi connectivity index (χ2v) is 7.53. The lowest BCUT2D eigenvalue weighted by Gasteiger charge is -2.35. The molecule has 2 heterocycles. The first-order valence-electron chi connectivity index (χ1n) is 9.16. The van der Waals surface area contributed by atoms with Crippen LogP contribution in [-0.2, 0) is 11.3 Å². The number of carboxylic acids is 1. The zero-order valence-electron chi connectivity index (χ0n) is 14.7. The third-order valence-corrected chi connectivity index (χ3v) is 5.69. The van der Waals surface area contributed by atoms with Gasteiger partial charge in [-0.3, -0.25) is 4.79 Å². The largest absolute Gasteiger partial charge is 0.478 e. The number of rotatable bonds is 5. The average molecular weight is 353 g/mol. The smallest absolute Gasteiger partial charge is 0.335 e. The molecule has 2 fully saturated rings. The predicted octanol–water partition coefficient (Wildman–Crippen LogP) is 2.77. The molecule has 1 aliphatic heterocycles. The third kappa shape index (κ3) is 3.23. The van der Waals surface area contributed by atoms with E-state index in [0.29, 0.717) is 12.1 Å². The van der Waals surface area contributed by atoms with Crippen molar-refractivity contribution >= 4 is 11.9 Å². The summed E-state index contributed by atoms with van der Waals surface area (Å²) in [4.78, 5) is 30.3. The molecule has 1 saturated carbocycles. The Morgan fingerprint density at radius 1 is 1.23 bits per heavy atom. The number of aromatic carboxylic acids is 1. The molecule has 1 aromatic carbocycles. The van der Waals surface area contributed by atoms with Crippen LogP contribution in [0.15, 0.2) is 43.0 Å². The van der Waals surface area contributed by atoms with E-state index in [1.54, 1.807) is 24.7 Å². The minimum atomic E-state index is -0.910. The molecule has 6 heteroatoms. The normalized spacial score (nSPS) is 21.4. The van der Waals surface area contributed by atoms with Crippen LogP contribution < -0.4 is 0 Å². The van der Waals surface area contributed by atoms with Crippen molar-refractivity contribution in [1.29, 1.82) is 0 Å². The molecule has 1 aliphatic carbocycles. The maximum Gasteiger partial charge on any atom is 0.335 e. The van der Waals surface area contributed by atoms with Crippen LogP contribution in [0, 0.1) is 5.41 Å². The van der Waals surface area contributed by atoms with Gasteiger partial charge in [0.15, 0.2) is 0 Å². The van der Waals surface area contributed by atoms with Crippen LogP contribution in [0.25, 0.3) is 0 Å². The highest BCUT2D eigenvalue weighted by molar-refractivity contribution is 5.87. The lowest BCUT2D eigenvalue weighted by atomic mass is 9.89. The van der Waals surface area contributed by atoms with E-state index in [0.717, 1.165) is 44.3 Å². The van der Waals surface area contributed by atoms with Crippen molar-refractivity contribution in [2.24, 2.45) is 5.41 Å². The molecule has 136 valence electrons. The fraction of sp³-hybridized carbons (Fsp3) is 0.450. The maximum atomic E-state index is 13.1. The lowest BCUT2D eigenvalue weighted by molar-refractivity contribution is -0.138. The van der Waals surface area contributed by atoms with Crippen molar-refractivity contribution in [3.63, 3.8) is 0 Å². The molecule has 1 amide bonds. The number of carbonyl (C=O) groups is 2. The number of nitrogens with zero attached hydrogens (tertiary/aromatic N) is 3. The minimum Gasteiger partial charge on any atom is -0.478 e. The minimum absolute atomic E-state index is 0.254. The summed E-state index contributed by atoms with van der Waals surface area (Å²) >= 11 is 0. The van der Waals surface area contributed by atoms with E-state index in [1.807, 2.05) is 27.8 Å². The molecule has 0 bridgehead atoms. The summed E-state index contributed by atoms with van der Waals surface area (Å²) in [6.45, 7) is 2.24. The van der Waals surface area contributed by atoms with Gasteiger partial charge in [-0.1, -0.05) is 12.1 Å². The number of hydrogen-bond acceptors (Lipinski definition) is 3. The first kappa shape index (κ1) is 16.8. The van der Waals surface area contributed by atoms with Crippen LogP contribution in [-0.4, -0.2) is 44.5 Å². The summed E-state index contributed by atoms with van der Waals surface area (Å²) in [6.07, 6.45) is 9.34. The monoisotopic (exact) mass is 353 g/mol. The van der Waals surface area contributed by atoms with Gasteiger partial charge >= 0.3 is 5.97 Å². The molecule has 2 aliphatic rings. The van der Waals surface area contributed by atoms with Crippen molar-refractivity contribution < 1.29 is 14.7 Å². The molecule has 0 spiro atoms. The maximum absolute atomic E-state index is 13.1. The lowest BCUT2D eigenvalue weighted by Crippen LogP contribution is -2.44. The molecule has 4 rings (SSSR count). The Bertz CT molecular complexity index is 794. The van der Waals surface area contributed by atoms with Gasteiger partial charge in [-0.05, 0) is 43.4 Å². The van der Waals surface area contributed by atoms with Crippen LogP contribution >= 0.6 is 0 Å². The molecular weight excluding hydrogens is 330 g/mol. The number of aromatic nitrogens is 2. The summed E-state index contributed by atoms with van der Waals surface area (Å²) < 4.78 is 2.00. The van der Waals surface area contributed by atoms with Crippen molar-refractivity contribution in [2.75, 3.05) is 13.1 Å². The molecule has 1 N–H and O–H groups in total. The Hall–Kier alpha value is -2.63. The number of imidazole rings is 1. The number of carbonyl (C=O) groups excluding carboxylic acids is 1. The second kappa shape index (κ2) is 6.59. The molecule has 2 aromatic rings. The number of likely N-dealkylation sites (tertiary alicyclic amines) is 1. The fourth-order valence-electron chi connectivity index (χ4n) is 3.99. The SMILES string of the molecule is O=C(O)c1ccc([C@H]2CCCN(C(=O)C3(Cn4ccnc4)CC3)C2)cc1. The van der Waals surface area contributed by atoms with Gasteiger partial charge in [0.05, 0.1) is 17.3 Å². The highest BCUT2D eigenvalue weighted by Gasteiger charge is 2.52. The molecule has 26 heavy (non-hydrogen) atoms. The summed E-state index contributed by atoms with van der Waals surface area (Å²) in [5.74, 6) is -0.371. The summed E-state index contributed by atoms with van der Waals surface area (Å²) in [5.41, 5.74) is 1.16. The topological polar surface area (TPSA) is 75.4 Å². The molecule has 6 nitrogen and oxygen atoms in total. The van der Waals surface area contributed by atoms with Crippen LogP contribution in [0.4, 0.5) is 0 Å². The van der Waals surface area contributed by atoms with E-state index < -0.39 is 5.97 Å². The first-order valence-corrected chi connectivity index (χ1v) is 9.16. The molecule has 1 atom stereocenters. The molecular formula is C20H23N3O3. The van der Waals surface area contributed by atoms with Gasteiger partial charge in [0.2, 0.25) is 5.91 Å². The standard InChI is InChI=1S/C20H23N3O3/c24-18(25)16-5-3-15(4-6-16)17-2-1-10-23(12-17)19(26)20(7-8-20)13-22-11-9-21-14-22/h3-6,9,11,14,17H,1-2,7-8,10,12-13H2,(H,24,25)/t17-/m0/s1. The van der Waals surface area contributed by atoms with Crippen LogP contribution in [0.5, 0.6) is 0 Å². The van der Waals surface area contributed by atoms with Gasteiger partial charge in [-0.25, -0.2) is 9.78 Å². The van der Waals surface area contributed by atoms with Gasteiger partial charge in [0.25, 0.3) is 0 Å². The number of hydrogen-bond donors (Lipinski definition) is 1. The van der Waals surface area contributed by atoms with Gasteiger partial charge in [0.1, 0.15) is 0 Å². The number of amides is 1. The molecule has 1 aromatic heterocycles. The number of piperidine rings is 1. The van der Waals surface area contributed by atoms with E-state index >= 15 is 0 Å². The predicted molar refractivity (Wildman–Crippen MR) is 95.9 cm³/mol. The Labute approximate surface area is 152 Å². The zero-order chi connectivity index (χ0) is 18.1. The van der Waals surface area contributed by atoms with Crippen LogP contribution in [0.3, 0.4) is 0 Å². The van der Waals surface area contributed by atoms with E-state index in [9.17, 15) is 9.59 Å². The Kier molecular flexibility index (Phi) is 4.26. The van der Waals surface area contributed by atoms with Crippen LogP contribution in [0.1, 0.15) is 47.5 Å². The van der Waals surface area contributed by atoms with E-state index in [2.05, 4.69) is 4.98 Å². The Morgan fingerprint density at radius 3 is 2.62 bits per heavy atom. The van der Waals surface area contributed by atoms with Crippen molar-refractivity contribution in [1.82, 2.24) is 14.5 Å². The van der Waals surface area contributed by atoms with Gasteiger partial charge in [0, 0.05) is 37.9 Å². The molecule has 1 saturated heterocycles. The Balaban J connectivity index is 1.44. The fourth-order valence-corrected chi connectivity index (χ4v) is 3.99.